The van der Waals surface area contributed by atoms with Gasteiger partial charge in [-0.1, -0.05) is 24.3 Å². The molecule has 2 N–H and O–H groups in total. The van der Waals surface area contributed by atoms with Crippen LogP contribution in [0.2, 0.25) is 0 Å². The summed E-state index contributed by atoms with van der Waals surface area (Å²) in [6.07, 6.45) is 8.13. The highest BCUT2D eigenvalue weighted by Gasteiger charge is 2.22. The second kappa shape index (κ2) is 11.8. The summed E-state index contributed by atoms with van der Waals surface area (Å²) < 4.78 is 7.98. The second-order valence-electron chi connectivity index (χ2n) is 7.78. The van der Waals surface area contributed by atoms with Gasteiger partial charge >= 0.3 is 0 Å². The number of hydrogen-bond acceptors (Lipinski definition) is 4. The molecule has 0 saturated heterocycles. The molecule has 0 amide bonds. The minimum absolute atomic E-state index is 0. The van der Waals surface area contributed by atoms with Gasteiger partial charge in [0.05, 0.1) is 13.2 Å². The first-order valence-corrected chi connectivity index (χ1v) is 10.9. The Morgan fingerprint density at radius 1 is 1.16 bits per heavy atom. The summed E-state index contributed by atoms with van der Waals surface area (Å²) >= 11 is 0. The molecule has 1 fully saturated rings. The zero-order valence-electron chi connectivity index (χ0n) is 18.6. The fraction of sp³-hybridized carbons (Fsp3) is 0.375. The van der Waals surface area contributed by atoms with Crippen molar-refractivity contribution in [2.45, 2.75) is 39.8 Å². The van der Waals surface area contributed by atoms with E-state index in [9.17, 15) is 0 Å². The molecular weight excluding hydrogens is 515 g/mol. The monoisotopic (exact) mass is 546 g/mol. The summed E-state index contributed by atoms with van der Waals surface area (Å²) in [4.78, 5) is 13.5. The lowest BCUT2D eigenvalue weighted by Crippen LogP contribution is -2.36. The van der Waals surface area contributed by atoms with Gasteiger partial charge in [0.15, 0.2) is 5.96 Å². The molecule has 0 unspecified atom stereocenters. The molecule has 7 nitrogen and oxygen atoms in total. The van der Waals surface area contributed by atoms with Crippen LogP contribution < -0.4 is 15.4 Å². The van der Waals surface area contributed by atoms with Gasteiger partial charge in [-0.3, -0.25) is 4.57 Å². The smallest absolute Gasteiger partial charge is 0.191 e. The molecule has 8 heteroatoms. The number of pyridine rings is 1. The number of aromatic nitrogens is 3. The van der Waals surface area contributed by atoms with Gasteiger partial charge < -0.3 is 15.4 Å². The Labute approximate surface area is 206 Å². The topological polar surface area (TPSA) is 76.4 Å². The predicted molar refractivity (Wildman–Crippen MR) is 138 cm³/mol. The molecule has 170 valence electrons. The minimum Gasteiger partial charge on any atom is -0.493 e. The quantitative estimate of drug-likeness (QED) is 0.239. The third-order valence-corrected chi connectivity index (χ3v) is 5.24. The van der Waals surface area contributed by atoms with E-state index in [4.69, 9.17) is 9.73 Å². The van der Waals surface area contributed by atoms with E-state index in [1.165, 1.54) is 12.8 Å². The Hall–Kier alpha value is -2.62. The average Bonchev–Trinajstić information content (AvgIpc) is 3.53. The molecule has 1 aliphatic rings. The van der Waals surface area contributed by atoms with E-state index < -0.39 is 0 Å². The normalized spacial score (nSPS) is 13.4. The maximum atomic E-state index is 6.02. The number of nitrogens with zero attached hydrogens (tertiary/aromatic N) is 4. The summed E-state index contributed by atoms with van der Waals surface area (Å²) in [5.41, 5.74) is 2.18. The number of ether oxygens (including phenoxy) is 1. The van der Waals surface area contributed by atoms with Crippen molar-refractivity contribution in [3.63, 3.8) is 0 Å². The third kappa shape index (κ3) is 6.69. The van der Waals surface area contributed by atoms with Crippen molar-refractivity contribution < 1.29 is 4.74 Å². The van der Waals surface area contributed by atoms with Crippen LogP contribution in [0.3, 0.4) is 0 Å². The summed E-state index contributed by atoms with van der Waals surface area (Å²) in [7, 11) is 0. The Kier molecular flexibility index (Phi) is 8.90. The number of halogens is 1. The van der Waals surface area contributed by atoms with E-state index >= 15 is 0 Å². The third-order valence-electron chi connectivity index (χ3n) is 5.24. The lowest BCUT2D eigenvalue weighted by atomic mass is 10.2. The zero-order chi connectivity index (χ0) is 21.5. The highest BCUT2D eigenvalue weighted by atomic mass is 127. The van der Waals surface area contributed by atoms with Crippen LogP contribution in [0, 0.1) is 12.8 Å². The van der Waals surface area contributed by atoms with Gasteiger partial charge in [-0.15, -0.1) is 24.0 Å². The number of aliphatic imine (C=N–C) groups is 1. The van der Waals surface area contributed by atoms with E-state index in [1.54, 1.807) is 6.20 Å². The van der Waals surface area contributed by atoms with Crippen LogP contribution in [-0.2, 0) is 13.1 Å². The van der Waals surface area contributed by atoms with Gasteiger partial charge in [0.2, 0.25) is 0 Å². The van der Waals surface area contributed by atoms with Gasteiger partial charge in [-0.25, -0.2) is 15.0 Å². The highest BCUT2D eigenvalue weighted by molar-refractivity contribution is 14.0. The van der Waals surface area contributed by atoms with Crippen LogP contribution in [0.15, 0.2) is 60.0 Å². The number of imidazole rings is 1. The summed E-state index contributed by atoms with van der Waals surface area (Å²) in [5, 5.41) is 6.73. The van der Waals surface area contributed by atoms with Gasteiger partial charge in [-0.05, 0) is 50.3 Å². The van der Waals surface area contributed by atoms with Crippen LogP contribution in [0.4, 0.5) is 0 Å². The molecule has 0 aliphatic heterocycles. The first-order chi connectivity index (χ1) is 15.2. The van der Waals surface area contributed by atoms with E-state index in [0.717, 1.165) is 53.5 Å². The maximum Gasteiger partial charge on any atom is 0.191 e. The molecule has 0 atom stereocenters. The number of hydrogen-bond donors (Lipinski definition) is 2. The van der Waals surface area contributed by atoms with E-state index in [0.29, 0.717) is 13.1 Å². The van der Waals surface area contributed by atoms with E-state index in [2.05, 4.69) is 39.7 Å². The Morgan fingerprint density at radius 2 is 2.00 bits per heavy atom. The van der Waals surface area contributed by atoms with Gasteiger partial charge in [-0.2, -0.15) is 0 Å². The predicted octanol–water partition coefficient (Wildman–Crippen LogP) is 4.24. The van der Waals surface area contributed by atoms with Crippen molar-refractivity contribution in [3.8, 4) is 11.6 Å². The van der Waals surface area contributed by atoms with Gasteiger partial charge in [0.1, 0.15) is 17.4 Å². The molecule has 32 heavy (non-hydrogen) atoms. The maximum absolute atomic E-state index is 6.02. The molecule has 0 bridgehead atoms. The first-order valence-electron chi connectivity index (χ1n) is 10.9. The number of guanidine groups is 1. The average molecular weight is 546 g/mol. The van der Waals surface area contributed by atoms with Crippen LogP contribution >= 0.6 is 24.0 Å². The number of benzene rings is 1. The molecule has 4 rings (SSSR count). The lowest BCUT2D eigenvalue weighted by molar-refractivity contribution is 0.296. The molecule has 0 radical (unpaired) electrons. The number of rotatable bonds is 9. The van der Waals surface area contributed by atoms with Crippen LogP contribution in [0.25, 0.3) is 5.82 Å². The zero-order valence-corrected chi connectivity index (χ0v) is 21.0. The molecule has 3 aromatic rings. The highest BCUT2D eigenvalue weighted by Crippen LogP contribution is 2.30. The molecule has 2 aromatic heterocycles. The van der Waals surface area contributed by atoms with Gasteiger partial charge in [0.25, 0.3) is 0 Å². The molecule has 0 spiro atoms. The summed E-state index contributed by atoms with van der Waals surface area (Å²) in [5.74, 6) is 4.23. The molecule has 1 saturated carbocycles. The first kappa shape index (κ1) is 24.0. The fourth-order valence-corrected chi connectivity index (χ4v) is 3.25. The van der Waals surface area contributed by atoms with Crippen molar-refractivity contribution in [3.05, 3.63) is 71.9 Å². The minimum atomic E-state index is 0. The SMILES string of the molecule is CCNC(=NCc1ccc(-n2ccnc2C)nc1)NCc1ccccc1OCC1CC1.I. The fourth-order valence-electron chi connectivity index (χ4n) is 3.25. The van der Waals surface area contributed by atoms with Crippen molar-refractivity contribution in [2.75, 3.05) is 13.2 Å². The standard InChI is InChI=1S/C24H30N6O.HI/c1-3-25-24(29-16-21-6-4-5-7-22(21)31-17-19-8-9-19)28-15-20-10-11-23(27-14-20)30-13-12-26-18(30)2;/h4-7,10-14,19H,3,8-9,15-17H2,1-2H3,(H2,25,28,29);1H. The van der Waals surface area contributed by atoms with Crippen molar-refractivity contribution >= 4 is 29.9 Å². The van der Waals surface area contributed by atoms with Crippen molar-refractivity contribution in [2.24, 2.45) is 10.9 Å². The second-order valence-corrected chi connectivity index (χ2v) is 7.78. The molecule has 2 heterocycles. The summed E-state index contributed by atoms with van der Waals surface area (Å²) in [6, 6.07) is 12.2. The lowest BCUT2D eigenvalue weighted by Gasteiger charge is -2.14. The largest absolute Gasteiger partial charge is 0.493 e. The number of nitrogens with one attached hydrogen (secondary N) is 2. The van der Waals surface area contributed by atoms with E-state index in [-0.39, 0.29) is 24.0 Å². The van der Waals surface area contributed by atoms with E-state index in [1.807, 2.05) is 48.1 Å². The van der Waals surface area contributed by atoms with Crippen LogP contribution in [0.5, 0.6) is 5.75 Å². The van der Waals surface area contributed by atoms with Gasteiger partial charge in [0, 0.05) is 37.2 Å². The van der Waals surface area contributed by atoms with Crippen molar-refractivity contribution in [1.82, 2.24) is 25.2 Å². The van der Waals surface area contributed by atoms with Crippen molar-refractivity contribution in [1.29, 1.82) is 0 Å². The Morgan fingerprint density at radius 3 is 2.69 bits per heavy atom. The number of para-hydroxylation sites is 1. The number of aryl methyl sites for hydroxylation is 1. The van der Waals surface area contributed by atoms with Crippen LogP contribution in [0.1, 0.15) is 36.7 Å². The molecular formula is C24H31IN6O. The summed E-state index contributed by atoms with van der Waals surface area (Å²) in [6.45, 7) is 6.84. The molecule has 1 aliphatic carbocycles. The Balaban J connectivity index is 0.00000289. The Bertz CT molecular complexity index is 1010. The van der Waals surface area contributed by atoms with Crippen LogP contribution in [-0.4, -0.2) is 33.6 Å². The molecule has 1 aromatic carbocycles.